The van der Waals surface area contributed by atoms with Crippen LogP contribution in [-0.2, 0) is 4.79 Å². The first-order valence-corrected chi connectivity index (χ1v) is 9.67. The van der Waals surface area contributed by atoms with Crippen LogP contribution in [0.1, 0.15) is 11.1 Å². The van der Waals surface area contributed by atoms with Gasteiger partial charge in [0, 0.05) is 12.4 Å². The van der Waals surface area contributed by atoms with Crippen molar-refractivity contribution in [1.29, 1.82) is 0 Å². The molecule has 0 saturated heterocycles. The summed E-state index contributed by atoms with van der Waals surface area (Å²) in [6.07, 6.45) is 3.62. The highest BCUT2D eigenvalue weighted by molar-refractivity contribution is 7.99. The van der Waals surface area contributed by atoms with Gasteiger partial charge in [0.1, 0.15) is 0 Å². The van der Waals surface area contributed by atoms with Gasteiger partial charge in [0.05, 0.1) is 27.2 Å². The molecule has 26 heavy (non-hydrogen) atoms. The molecule has 0 radical (unpaired) electrons. The molecule has 1 heterocycles. The fraction of sp³-hybridized carbons (Fsp3) is 0.158. The number of anilines is 1. The van der Waals surface area contributed by atoms with Crippen molar-refractivity contribution in [3.63, 3.8) is 0 Å². The molecule has 0 aliphatic rings. The van der Waals surface area contributed by atoms with Gasteiger partial charge in [-0.25, -0.2) is 4.98 Å². The number of para-hydroxylation sites is 1. The number of rotatable bonds is 5. The fourth-order valence-corrected chi connectivity index (χ4v) is 3.84. The van der Waals surface area contributed by atoms with Gasteiger partial charge in [-0.3, -0.25) is 9.36 Å². The van der Waals surface area contributed by atoms with Crippen molar-refractivity contribution in [2.45, 2.75) is 19.0 Å². The number of thioether (sulfide) groups is 1. The third-order valence-electron chi connectivity index (χ3n) is 3.78. The Balaban J connectivity index is 1.71. The van der Waals surface area contributed by atoms with E-state index in [2.05, 4.69) is 42.3 Å². The van der Waals surface area contributed by atoms with Gasteiger partial charge in [-0.1, -0.05) is 58.7 Å². The molecule has 0 saturated carbocycles. The zero-order valence-corrected chi connectivity index (χ0v) is 16.6. The van der Waals surface area contributed by atoms with E-state index in [0.717, 1.165) is 16.4 Å². The second-order valence-electron chi connectivity index (χ2n) is 5.80. The quantitative estimate of drug-likeness (QED) is 0.567. The van der Waals surface area contributed by atoms with Gasteiger partial charge in [-0.05, 0) is 37.6 Å². The number of hydrogen-bond acceptors (Lipinski definition) is 3. The summed E-state index contributed by atoms with van der Waals surface area (Å²) in [5, 5.41) is 4.33. The highest BCUT2D eigenvalue weighted by atomic mass is 35.5. The Kier molecular flexibility index (Phi) is 5.91. The second-order valence-corrected chi connectivity index (χ2v) is 7.56. The topological polar surface area (TPSA) is 46.9 Å². The summed E-state index contributed by atoms with van der Waals surface area (Å²) in [6, 6.07) is 11.3. The lowest BCUT2D eigenvalue weighted by molar-refractivity contribution is -0.113. The number of hydrogen-bond donors (Lipinski definition) is 1. The smallest absolute Gasteiger partial charge is 0.234 e. The molecule has 134 valence electrons. The molecule has 0 atom stereocenters. The number of aromatic nitrogens is 2. The van der Waals surface area contributed by atoms with Crippen LogP contribution in [0.3, 0.4) is 0 Å². The van der Waals surface area contributed by atoms with Gasteiger partial charge in [-0.15, -0.1) is 0 Å². The molecule has 0 unspecified atom stereocenters. The lowest BCUT2D eigenvalue weighted by Gasteiger charge is -2.12. The first-order chi connectivity index (χ1) is 12.5. The lowest BCUT2D eigenvalue weighted by atomic mass is 10.1. The van der Waals surface area contributed by atoms with Crippen LogP contribution in [0, 0.1) is 13.8 Å². The number of carbonyl (C=O) groups is 1. The van der Waals surface area contributed by atoms with Crippen LogP contribution in [0.25, 0.3) is 5.69 Å². The standard InChI is InChI=1S/C19H17Cl2N3OS/c1-12-6-7-16(13(2)10-12)24-9-8-22-19(24)26-11-17(25)23-18-14(20)4-3-5-15(18)21/h3-10H,11H2,1-2H3,(H,23,25). The monoisotopic (exact) mass is 405 g/mol. The Morgan fingerprint density at radius 1 is 1.19 bits per heavy atom. The van der Waals surface area contributed by atoms with Gasteiger partial charge < -0.3 is 5.32 Å². The fourth-order valence-electron chi connectivity index (χ4n) is 2.58. The van der Waals surface area contributed by atoms with Crippen molar-refractivity contribution in [3.8, 4) is 5.69 Å². The van der Waals surface area contributed by atoms with Gasteiger partial charge in [0.2, 0.25) is 5.91 Å². The molecule has 0 spiro atoms. The molecule has 2 aromatic carbocycles. The summed E-state index contributed by atoms with van der Waals surface area (Å²) in [4.78, 5) is 16.6. The zero-order chi connectivity index (χ0) is 18.7. The average molecular weight is 406 g/mol. The van der Waals surface area contributed by atoms with Gasteiger partial charge in [-0.2, -0.15) is 0 Å². The summed E-state index contributed by atoms with van der Waals surface area (Å²) in [5.74, 6) is 0.00361. The van der Waals surface area contributed by atoms with E-state index in [-0.39, 0.29) is 11.7 Å². The van der Waals surface area contributed by atoms with E-state index >= 15 is 0 Å². The molecule has 3 rings (SSSR count). The van der Waals surface area contributed by atoms with E-state index in [1.54, 1.807) is 24.4 Å². The van der Waals surface area contributed by atoms with Crippen LogP contribution in [0.5, 0.6) is 0 Å². The second kappa shape index (κ2) is 8.16. The van der Waals surface area contributed by atoms with Crippen LogP contribution >= 0.6 is 35.0 Å². The van der Waals surface area contributed by atoms with Crippen molar-refractivity contribution in [1.82, 2.24) is 9.55 Å². The van der Waals surface area contributed by atoms with E-state index in [1.807, 2.05) is 10.8 Å². The van der Waals surface area contributed by atoms with Crippen molar-refractivity contribution in [3.05, 3.63) is 70.0 Å². The normalized spacial score (nSPS) is 10.8. The minimum Gasteiger partial charge on any atom is -0.323 e. The van der Waals surface area contributed by atoms with E-state index in [9.17, 15) is 4.79 Å². The van der Waals surface area contributed by atoms with E-state index in [1.165, 1.54) is 17.3 Å². The Hall–Kier alpha value is -1.95. The highest BCUT2D eigenvalue weighted by Gasteiger charge is 2.13. The van der Waals surface area contributed by atoms with Crippen LogP contribution < -0.4 is 5.32 Å². The van der Waals surface area contributed by atoms with Crippen LogP contribution in [-0.4, -0.2) is 21.2 Å². The van der Waals surface area contributed by atoms with Gasteiger partial charge >= 0.3 is 0 Å². The molecule has 0 fully saturated rings. The third kappa shape index (κ3) is 4.23. The van der Waals surface area contributed by atoms with E-state index < -0.39 is 0 Å². The van der Waals surface area contributed by atoms with Gasteiger partial charge in [0.25, 0.3) is 0 Å². The number of halogens is 2. The Bertz CT molecular complexity index is 935. The Morgan fingerprint density at radius 3 is 2.62 bits per heavy atom. The molecular weight excluding hydrogens is 389 g/mol. The molecule has 3 aromatic rings. The number of nitrogens with zero attached hydrogens (tertiary/aromatic N) is 2. The first kappa shape index (κ1) is 18.8. The molecule has 1 N–H and O–H groups in total. The Morgan fingerprint density at radius 2 is 1.92 bits per heavy atom. The largest absolute Gasteiger partial charge is 0.323 e. The van der Waals surface area contributed by atoms with Crippen LogP contribution in [0.2, 0.25) is 10.0 Å². The molecule has 1 amide bonds. The number of amides is 1. The van der Waals surface area contributed by atoms with Crippen LogP contribution in [0.15, 0.2) is 53.9 Å². The SMILES string of the molecule is Cc1ccc(-n2ccnc2SCC(=O)Nc2c(Cl)cccc2Cl)c(C)c1. The molecule has 0 aliphatic carbocycles. The Labute approximate surface area is 166 Å². The number of aryl methyl sites for hydroxylation is 2. The highest BCUT2D eigenvalue weighted by Crippen LogP contribution is 2.30. The summed E-state index contributed by atoms with van der Waals surface area (Å²) < 4.78 is 1.98. The maximum atomic E-state index is 12.3. The number of nitrogens with one attached hydrogen (secondary N) is 1. The minimum absolute atomic E-state index is 0.194. The maximum Gasteiger partial charge on any atom is 0.234 e. The summed E-state index contributed by atoms with van der Waals surface area (Å²) in [7, 11) is 0. The molecular formula is C19H17Cl2N3OS. The third-order valence-corrected chi connectivity index (χ3v) is 5.37. The van der Waals surface area contributed by atoms with E-state index in [0.29, 0.717) is 15.7 Å². The predicted molar refractivity (Wildman–Crippen MR) is 109 cm³/mol. The minimum atomic E-state index is -0.194. The van der Waals surface area contributed by atoms with Gasteiger partial charge in [0.15, 0.2) is 5.16 Å². The van der Waals surface area contributed by atoms with E-state index in [4.69, 9.17) is 23.2 Å². The summed E-state index contributed by atoms with van der Waals surface area (Å²) >= 11 is 13.5. The lowest BCUT2D eigenvalue weighted by Crippen LogP contribution is -2.15. The molecule has 0 aliphatic heterocycles. The van der Waals surface area contributed by atoms with Crippen molar-refractivity contribution in [2.24, 2.45) is 0 Å². The average Bonchev–Trinajstić information content (AvgIpc) is 3.05. The first-order valence-electron chi connectivity index (χ1n) is 7.93. The summed E-state index contributed by atoms with van der Waals surface area (Å²) in [5.41, 5.74) is 3.83. The zero-order valence-electron chi connectivity index (χ0n) is 14.3. The van der Waals surface area contributed by atoms with Crippen molar-refractivity contribution < 1.29 is 4.79 Å². The van der Waals surface area contributed by atoms with Crippen LogP contribution in [0.4, 0.5) is 5.69 Å². The van der Waals surface area contributed by atoms with Crippen molar-refractivity contribution in [2.75, 3.05) is 11.1 Å². The molecule has 7 heteroatoms. The molecule has 1 aromatic heterocycles. The van der Waals surface area contributed by atoms with Crippen molar-refractivity contribution >= 4 is 46.6 Å². The summed E-state index contributed by atoms with van der Waals surface area (Å²) in [6.45, 7) is 4.12. The number of benzene rings is 2. The maximum absolute atomic E-state index is 12.3. The number of imidazole rings is 1. The number of carbonyl (C=O) groups excluding carboxylic acids is 1. The predicted octanol–water partition coefficient (Wildman–Crippen LogP) is 5.53. The molecule has 4 nitrogen and oxygen atoms in total. The molecule has 0 bridgehead atoms.